The number of aromatic carboxylic acids is 1. The predicted octanol–water partition coefficient (Wildman–Crippen LogP) is 1.48. The summed E-state index contributed by atoms with van der Waals surface area (Å²) in [5.41, 5.74) is -0.123. The van der Waals surface area contributed by atoms with Gasteiger partial charge in [-0.15, -0.1) is 0 Å². The molecule has 1 saturated carbocycles. The maximum atomic E-state index is 13.5. The number of hydrogen-bond donors (Lipinski definition) is 2. The number of carboxylic acids is 1. The van der Waals surface area contributed by atoms with E-state index in [1.54, 1.807) is 6.92 Å². The summed E-state index contributed by atoms with van der Waals surface area (Å²) in [5.74, 6) is -4.57. The van der Waals surface area contributed by atoms with Crippen molar-refractivity contribution in [2.24, 2.45) is 11.3 Å². The number of carboxylic acid groups (broad SMARTS) is 1. The molecule has 0 aliphatic heterocycles. The first-order valence-electron chi connectivity index (χ1n) is 5.05. The molecule has 1 unspecified atom stereocenters. The summed E-state index contributed by atoms with van der Waals surface area (Å²) in [6, 6.07) is 0. The van der Waals surface area contributed by atoms with Gasteiger partial charge < -0.3 is 5.11 Å². The van der Waals surface area contributed by atoms with Crippen LogP contribution in [-0.2, 0) is 12.8 Å². The Morgan fingerprint density at radius 1 is 1.62 bits per heavy atom. The molecule has 0 radical (unpaired) electrons. The number of nitrogens with one attached hydrogen (secondary N) is 1. The van der Waals surface area contributed by atoms with E-state index in [4.69, 9.17) is 5.11 Å². The van der Waals surface area contributed by atoms with E-state index >= 15 is 0 Å². The van der Waals surface area contributed by atoms with Gasteiger partial charge in [-0.3, -0.25) is 5.10 Å². The van der Waals surface area contributed by atoms with Crippen LogP contribution in [0.25, 0.3) is 0 Å². The van der Waals surface area contributed by atoms with Gasteiger partial charge in [-0.25, -0.2) is 13.6 Å². The first-order valence-corrected chi connectivity index (χ1v) is 5.05. The summed E-state index contributed by atoms with van der Waals surface area (Å²) >= 11 is 0. The molecule has 1 aromatic heterocycles. The molecule has 2 N–H and O–H groups in total. The molecule has 0 amide bonds. The Kier molecular flexibility index (Phi) is 1.49. The number of rotatable bonds is 1. The highest BCUT2D eigenvalue weighted by Crippen LogP contribution is 2.70. The average Bonchev–Trinajstić information content (AvgIpc) is 2.55. The zero-order chi connectivity index (χ0) is 11.7. The number of fused-ring (bicyclic) bond motifs is 2. The molecule has 0 saturated heterocycles. The summed E-state index contributed by atoms with van der Waals surface area (Å²) in [5, 5.41) is 15.1. The largest absolute Gasteiger partial charge is 0.476 e. The molecule has 0 spiro atoms. The molecule has 2 atom stereocenters. The molecule has 16 heavy (non-hydrogen) atoms. The van der Waals surface area contributed by atoms with Gasteiger partial charge in [0.1, 0.15) is 0 Å². The smallest absolute Gasteiger partial charge is 0.356 e. The lowest BCUT2D eigenvalue weighted by atomic mass is 9.88. The second kappa shape index (κ2) is 2.44. The Balaban J connectivity index is 2.04. The van der Waals surface area contributed by atoms with Crippen LogP contribution >= 0.6 is 0 Å². The molecule has 1 aromatic rings. The summed E-state index contributed by atoms with van der Waals surface area (Å²) < 4.78 is 27.0. The highest BCUT2D eigenvalue weighted by molar-refractivity contribution is 5.87. The molecule has 86 valence electrons. The van der Waals surface area contributed by atoms with Gasteiger partial charge in [0.05, 0.1) is 0 Å². The number of aromatic amines is 1. The van der Waals surface area contributed by atoms with Gasteiger partial charge in [-0.05, 0) is 6.42 Å². The van der Waals surface area contributed by atoms with Crippen LogP contribution in [0.1, 0.15) is 28.7 Å². The first kappa shape index (κ1) is 9.74. The molecule has 4 nitrogen and oxygen atoms in total. The summed E-state index contributed by atoms with van der Waals surface area (Å²) in [4.78, 5) is 10.8. The van der Waals surface area contributed by atoms with E-state index in [0.717, 1.165) is 0 Å². The number of H-pyrrole nitrogens is 1. The highest BCUT2D eigenvalue weighted by atomic mass is 19.3. The predicted molar refractivity (Wildman–Crippen MR) is 49.5 cm³/mol. The van der Waals surface area contributed by atoms with Gasteiger partial charge in [0.2, 0.25) is 0 Å². The Bertz CT molecular complexity index is 497. The van der Waals surface area contributed by atoms with E-state index < -0.39 is 23.2 Å². The molecular weight excluding hydrogens is 218 g/mol. The van der Waals surface area contributed by atoms with Crippen LogP contribution in [0.15, 0.2) is 0 Å². The fourth-order valence-electron chi connectivity index (χ4n) is 2.78. The zero-order valence-electron chi connectivity index (χ0n) is 8.55. The van der Waals surface area contributed by atoms with Crippen molar-refractivity contribution >= 4 is 5.97 Å². The Morgan fingerprint density at radius 2 is 2.31 bits per heavy atom. The van der Waals surface area contributed by atoms with Crippen LogP contribution < -0.4 is 0 Å². The van der Waals surface area contributed by atoms with Crippen molar-refractivity contribution in [3.05, 3.63) is 17.0 Å². The van der Waals surface area contributed by atoms with Gasteiger partial charge in [0.15, 0.2) is 5.69 Å². The van der Waals surface area contributed by atoms with E-state index in [1.165, 1.54) is 0 Å². The van der Waals surface area contributed by atoms with Crippen LogP contribution in [0.3, 0.4) is 0 Å². The monoisotopic (exact) mass is 228 g/mol. The normalized spacial score (nSPS) is 34.1. The Labute approximate surface area is 89.7 Å². The van der Waals surface area contributed by atoms with Crippen molar-refractivity contribution in [2.75, 3.05) is 0 Å². The number of hydrogen-bond acceptors (Lipinski definition) is 2. The maximum absolute atomic E-state index is 13.5. The summed E-state index contributed by atoms with van der Waals surface area (Å²) in [7, 11) is 0. The van der Waals surface area contributed by atoms with Crippen LogP contribution in [0.5, 0.6) is 0 Å². The highest BCUT2D eigenvalue weighted by Gasteiger charge is 2.78. The molecule has 2 aliphatic rings. The molecule has 1 fully saturated rings. The molecule has 0 aromatic carbocycles. The van der Waals surface area contributed by atoms with Crippen molar-refractivity contribution < 1.29 is 18.7 Å². The topological polar surface area (TPSA) is 66.0 Å². The van der Waals surface area contributed by atoms with Gasteiger partial charge >= 0.3 is 5.97 Å². The van der Waals surface area contributed by atoms with Gasteiger partial charge in [0.25, 0.3) is 5.92 Å². The van der Waals surface area contributed by atoms with E-state index in [-0.39, 0.29) is 18.5 Å². The fraction of sp³-hybridized carbons (Fsp3) is 0.600. The van der Waals surface area contributed by atoms with Crippen molar-refractivity contribution in [1.82, 2.24) is 10.2 Å². The second-order valence-corrected chi connectivity index (χ2v) is 4.81. The molecule has 6 heteroatoms. The molecule has 0 bridgehead atoms. The summed E-state index contributed by atoms with van der Waals surface area (Å²) in [6.07, 6.45) is 0.289. The minimum absolute atomic E-state index is 0.108. The van der Waals surface area contributed by atoms with Crippen molar-refractivity contribution in [2.45, 2.75) is 25.7 Å². The molecule has 1 heterocycles. The molecule has 3 rings (SSSR count). The van der Waals surface area contributed by atoms with E-state index in [1.807, 2.05) is 0 Å². The van der Waals surface area contributed by atoms with E-state index in [9.17, 15) is 13.6 Å². The molecule has 2 aliphatic carbocycles. The van der Waals surface area contributed by atoms with Crippen LogP contribution in [0.4, 0.5) is 8.78 Å². The molecular formula is C10H10F2N2O2. The third-order valence-corrected chi connectivity index (χ3v) is 3.99. The Morgan fingerprint density at radius 3 is 2.94 bits per heavy atom. The maximum Gasteiger partial charge on any atom is 0.356 e. The lowest BCUT2D eigenvalue weighted by Crippen LogP contribution is -2.15. The fourth-order valence-corrected chi connectivity index (χ4v) is 2.78. The van der Waals surface area contributed by atoms with Crippen LogP contribution in [-0.4, -0.2) is 27.2 Å². The van der Waals surface area contributed by atoms with Gasteiger partial charge in [-0.2, -0.15) is 5.10 Å². The third-order valence-electron chi connectivity index (χ3n) is 3.99. The van der Waals surface area contributed by atoms with E-state index in [2.05, 4.69) is 10.2 Å². The SMILES string of the molecule is CC12Cc3[nH]nc(C(=O)O)c3C[C@@H]1C2(F)F. The minimum atomic E-state index is -2.68. The second-order valence-electron chi connectivity index (χ2n) is 4.81. The van der Waals surface area contributed by atoms with Crippen molar-refractivity contribution in [3.8, 4) is 0 Å². The zero-order valence-corrected chi connectivity index (χ0v) is 8.55. The van der Waals surface area contributed by atoms with Gasteiger partial charge in [0, 0.05) is 29.0 Å². The van der Waals surface area contributed by atoms with Crippen LogP contribution in [0.2, 0.25) is 0 Å². The minimum Gasteiger partial charge on any atom is -0.476 e. The summed E-state index contributed by atoms with van der Waals surface area (Å²) in [6.45, 7) is 1.54. The van der Waals surface area contributed by atoms with E-state index in [0.29, 0.717) is 11.3 Å². The number of aromatic nitrogens is 2. The number of alkyl halides is 2. The Hall–Kier alpha value is -1.46. The average molecular weight is 228 g/mol. The first-order chi connectivity index (χ1) is 7.38. The van der Waals surface area contributed by atoms with Crippen molar-refractivity contribution in [3.63, 3.8) is 0 Å². The number of carbonyl (C=O) groups is 1. The standard InChI is InChI=1S/C10H10F2N2O2/c1-9-3-5-4(2-6(9)10(9,11)12)7(8(15)16)14-13-5/h6H,2-3H2,1H3,(H,13,14)(H,15,16)/t6-,9?/m0/s1. The number of halogens is 2. The van der Waals surface area contributed by atoms with Gasteiger partial charge in [-0.1, -0.05) is 6.92 Å². The third kappa shape index (κ3) is 0.881. The van der Waals surface area contributed by atoms with Crippen molar-refractivity contribution in [1.29, 1.82) is 0 Å². The van der Waals surface area contributed by atoms with Crippen LogP contribution in [0, 0.1) is 11.3 Å². The lowest BCUT2D eigenvalue weighted by Gasteiger charge is -2.14. The lowest BCUT2D eigenvalue weighted by molar-refractivity contribution is 0.0627. The number of nitrogens with zero attached hydrogens (tertiary/aromatic N) is 1. The quantitative estimate of drug-likeness (QED) is 0.765.